The summed E-state index contributed by atoms with van der Waals surface area (Å²) in [6.07, 6.45) is 2.25. The highest BCUT2D eigenvalue weighted by atomic mass is 16.5. The Bertz CT molecular complexity index is 705. The molecule has 0 bridgehead atoms. The summed E-state index contributed by atoms with van der Waals surface area (Å²) in [6, 6.07) is 7.94. The molecule has 3 nitrogen and oxygen atoms in total. The van der Waals surface area contributed by atoms with E-state index in [-0.39, 0.29) is 5.75 Å². The van der Waals surface area contributed by atoms with E-state index in [0.717, 1.165) is 46.2 Å². The number of phenols is 2. The van der Waals surface area contributed by atoms with E-state index in [1.165, 1.54) is 0 Å². The molecule has 0 aliphatic rings. The zero-order chi connectivity index (χ0) is 17.7. The minimum absolute atomic E-state index is 0.274. The van der Waals surface area contributed by atoms with Crippen LogP contribution in [-0.2, 0) is 24.2 Å². The molecule has 0 saturated carbocycles. The molecule has 2 aromatic rings. The maximum absolute atomic E-state index is 10.6. The van der Waals surface area contributed by atoms with Gasteiger partial charge in [-0.15, -0.1) is 0 Å². The van der Waals surface area contributed by atoms with Gasteiger partial charge in [0.1, 0.15) is 11.5 Å². The standard InChI is InChI=1S/C21H28O3/c1-5-7-24-13-19-11-15(4)10-18(21(19)23)12-17-9-14(3)8-16(6-2)20(17)22/h8-11,22-23H,5-7,12-13H2,1-4H3. The fourth-order valence-electron chi connectivity index (χ4n) is 3.05. The fourth-order valence-corrected chi connectivity index (χ4v) is 3.05. The molecule has 2 rings (SSSR count). The lowest BCUT2D eigenvalue weighted by Gasteiger charge is -2.15. The zero-order valence-corrected chi connectivity index (χ0v) is 15.1. The maximum Gasteiger partial charge on any atom is 0.124 e. The van der Waals surface area contributed by atoms with Crippen molar-refractivity contribution in [1.82, 2.24) is 0 Å². The van der Waals surface area contributed by atoms with Crippen LogP contribution in [0.25, 0.3) is 0 Å². The lowest BCUT2D eigenvalue weighted by atomic mass is 9.95. The fraction of sp³-hybridized carbons (Fsp3) is 0.429. The molecule has 0 unspecified atom stereocenters. The van der Waals surface area contributed by atoms with Crippen molar-refractivity contribution in [3.05, 3.63) is 57.6 Å². The predicted molar refractivity (Wildman–Crippen MR) is 97.8 cm³/mol. The molecule has 0 aliphatic carbocycles. The normalized spacial score (nSPS) is 11.0. The maximum atomic E-state index is 10.6. The van der Waals surface area contributed by atoms with Gasteiger partial charge in [-0.1, -0.05) is 49.2 Å². The molecular weight excluding hydrogens is 300 g/mol. The third-order valence-corrected chi connectivity index (χ3v) is 4.19. The summed E-state index contributed by atoms with van der Waals surface area (Å²) in [5.74, 6) is 0.614. The molecule has 130 valence electrons. The topological polar surface area (TPSA) is 49.7 Å². The van der Waals surface area contributed by atoms with Crippen LogP contribution in [-0.4, -0.2) is 16.8 Å². The van der Waals surface area contributed by atoms with Gasteiger partial charge in [-0.25, -0.2) is 0 Å². The van der Waals surface area contributed by atoms with Gasteiger partial charge >= 0.3 is 0 Å². The second-order valence-corrected chi connectivity index (χ2v) is 6.45. The second-order valence-electron chi connectivity index (χ2n) is 6.45. The molecule has 0 aromatic heterocycles. The van der Waals surface area contributed by atoms with Crippen LogP contribution in [0.4, 0.5) is 0 Å². The summed E-state index contributed by atoms with van der Waals surface area (Å²) in [5.41, 5.74) is 5.64. The first kappa shape index (κ1) is 18.3. The Morgan fingerprint density at radius 3 is 1.83 bits per heavy atom. The molecule has 0 radical (unpaired) electrons. The Kier molecular flexibility index (Phi) is 6.27. The highest BCUT2D eigenvalue weighted by Gasteiger charge is 2.14. The average Bonchev–Trinajstić information content (AvgIpc) is 2.54. The van der Waals surface area contributed by atoms with Gasteiger partial charge < -0.3 is 14.9 Å². The summed E-state index contributed by atoms with van der Waals surface area (Å²) in [6.45, 7) is 9.23. The Balaban J connectivity index is 2.34. The van der Waals surface area contributed by atoms with Gasteiger partial charge in [0.05, 0.1) is 6.61 Å². The number of aromatic hydroxyl groups is 2. The Labute approximate surface area is 144 Å². The smallest absolute Gasteiger partial charge is 0.124 e. The predicted octanol–water partition coefficient (Wildman–Crippen LogP) is 4.79. The molecule has 0 aliphatic heterocycles. The van der Waals surface area contributed by atoms with Gasteiger partial charge in [0.15, 0.2) is 0 Å². The van der Waals surface area contributed by atoms with Gasteiger partial charge in [-0.2, -0.15) is 0 Å². The highest BCUT2D eigenvalue weighted by Crippen LogP contribution is 2.32. The zero-order valence-electron chi connectivity index (χ0n) is 15.1. The first-order valence-electron chi connectivity index (χ1n) is 8.66. The first-order valence-corrected chi connectivity index (χ1v) is 8.66. The number of benzene rings is 2. The van der Waals surface area contributed by atoms with E-state index in [1.54, 1.807) is 0 Å². The largest absolute Gasteiger partial charge is 0.507 e. The van der Waals surface area contributed by atoms with E-state index in [2.05, 4.69) is 6.92 Å². The van der Waals surface area contributed by atoms with Gasteiger partial charge in [0.25, 0.3) is 0 Å². The van der Waals surface area contributed by atoms with Gasteiger partial charge in [0, 0.05) is 18.6 Å². The third kappa shape index (κ3) is 4.30. The van der Waals surface area contributed by atoms with E-state index >= 15 is 0 Å². The Morgan fingerprint density at radius 1 is 0.792 bits per heavy atom. The highest BCUT2D eigenvalue weighted by molar-refractivity contribution is 5.50. The number of ether oxygens (including phenoxy) is 1. The molecule has 0 atom stereocenters. The quantitative estimate of drug-likeness (QED) is 0.718. The summed E-state index contributed by atoms with van der Waals surface area (Å²) >= 11 is 0. The minimum atomic E-state index is 0.274. The van der Waals surface area contributed by atoms with Crippen molar-refractivity contribution in [3.63, 3.8) is 0 Å². The van der Waals surface area contributed by atoms with Crippen molar-refractivity contribution in [2.45, 2.75) is 53.6 Å². The van der Waals surface area contributed by atoms with Crippen molar-refractivity contribution >= 4 is 0 Å². The van der Waals surface area contributed by atoms with E-state index in [9.17, 15) is 10.2 Å². The van der Waals surface area contributed by atoms with Crippen LogP contribution in [0.2, 0.25) is 0 Å². The molecule has 0 heterocycles. The molecule has 0 spiro atoms. The Morgan fingerprint density at radius 2 is 1.29 bits per heavy atom. The van der Waals surface area contributed by atoms with Crippen LogP contribution in [0, 0.1) is 13.8 Å². The van der Waals surface area contributed by atoms with E-state index < -0.39 is 0 Å². The van der Waals surface area contributed by atoms with Gasteiger partial charge in [0.2, 0.25) is 0 Å². The monoisotopic (exact) mass is 328 g/mol. The van der Waals surface area contributed by atoms with Crippen molar-refractivity contribution in [2.24, 2.45) is 0 Å². The number of hydrogen-bond donors (Lipinski definition) is 2. The summed E-state index contributed by atoms with van der Waals surface area (Å²) in [7, 11) is 0. The van der Waals surface area contributed by atoms with Crippen LogP contribution < -0.4 is 0 Å². The van der Waals surface area contributed by atoms with Crippen LogP contribution in [0.1, 0.15) is 53.6 Å². The van der Waals surface area contributed by atoms with E-state index in [0.29, 0.717) is 25.4 Å². The number of phenolic OH excluding ortho intramolecular Hbond substituents is 2. The molecule has 0 amide bonds. The first-order chi connectivity index (χ1) is 11.5. The molecule has 24 heavy (non-hydrogen) atoms. The SMILES string of the molecule is CCCOCc1cc(C)cc(Cc2cc(C)cc(CC)c2O)c1O. The number of rotatable bonds is 7. The van der Waals surface area contributed by atoms with Crippen LogP contribution >= 0.6 is 0 Å². The lowest BCUT2D eigenvalue weighted by molar-refractivity contribution is 0.119. The molecule has 0 saturated heterocycles. The molecular formula is C21H28O3. The average molecular weight is 328 g/mol. The van der Waals surface area contributed by atoms with Crippen LogP contribution in [0.15, 0.2) is 24.3 Å². The van der Waals surface area contributed by atoms with E-state index in [1.807, 2.05) is 45.0 Å². The molecule has 3 heteroatoms. The molecule has 0 fully saturated rings. The second kappa shape index (κ2) is 8.20. The van der Waals surface area contributed by atoms with Crippen LogP contribution in [0.3, 0.4) is 0 Å². The van der Waals surface area contributed by atoms with Crippen molar-refractivity contribution < 1.29 is 14.9 Å². The summed E-state index contributed by atoms with van der Waals surface area (Å²) < 4.78 is 5.58. The summed E-state index contributed by atoms with van der Waals surface area (Å²) in [4.78, 5) is 0. The number of hydrogen-bond acceptors (Lipinski definition) is 3. The number of aryl methyl sites for hydroxylation is 3. The molecule has 2 N–H and O–H groups in total. The molecule has 2 aromatic carbocycles. The Hall–Kier alpha value is -2.00. The van der Waals surface area contributed by atoms with Crippen molar-refractivity contribution in [2.75, 3.05) is 6.61 Å². The minimum Gasteiger partial charge on any atom is -0.507 e. The third-order valence-electron chi connectivity index (χ3n) is 4.19. The van der Waals surface area contributed by atoms with Crippen molar-refractivity contribution in [3.8, 4) is 11.5 Å². The van der Waals surface area contributed by atoms with E-state index in [4.69, 9.17) is 4.74 Å². The van der Waals surface area contributed by atoms with Gasteiger partial charge in [-0.05, 0) is 43.4 Å². The van der Waals surface area contributed by atoms with Crippen molar-refractivity contribution in [1.29, 1.82) is 0 Å². The summed E-state index contributed by atoms with van der Waals surface area (Å²) in [5, 5.41) is 21.1. The van der Waals surface area contributed by atoms with Gasteiger partial charge in [-0.3, -0.25) is 0 Å². The van der Waals surface area contributed by atoms with Crippen LogP contribution in [0.5, 0.6) is 11.5 Å². The lowest BCUT2D eigenvalue weighted by Crippen LogP contribution is -2.00.